The average molecular weight is 214 g/mol. The Kier molecular flexibility index (Phi) is 3.77. The van der Waals surface area contributed by atoms with Crippen molar-refractivity contribution in [1.82, 2.24) is 0 Å². The number of halogens is 2. The number of alkyl halides is 2. The molecule has 0 aliphatic carbocycles. The SMILES string of the molecule is CC(F)(F)CCOC(=O)c1ccccc1. The Morgan fingerprint density at radius 2 is 1.93 bits per heavy atom. The number of carbonyl (C=O) groups is 1. The molecule has 0 unspecified atom stereocenters. The zero-order chi connectivity index (χ0) is 11.3. The molecule has 15 heavy (non-hydrogen) atoms. The molecule has 0 amide bonds. The molecule has 0 aliphatic heterocycles. The molecular weight excluding hydrogens is 202 g/mol. The van der Waals surface area contributed by atoms with Gasteiger partial charge in [-0.25, -0.2) is 13.6 Å². The zero-order valence-electron chi connectivity index (χ0n) is 8.37. The van der Waals surface area contributed by atoms with Crippen LogP contribution in [0, 0.1) is 0 Å². The fourth-order valence-corrected chi connectivity index (χ4v) is 0.981. The lowest BCUT2D eigenvalue weighted by Crippen LogP contribution is -2.15. The summed E-state index contributed by atoms with van der Waals surface area (Å²) in [5.74, 6) is -3.36. The molecule has 0 aliphatic rings. The predicted octanol–water partition coefficient (Wildman–Crippen LogP) is 2.89. The van der Waals surface area contributed by atoms with Gasteiger partial charge in [-0.05, 0) is 19.1 Å². The van der Waals surface area contributed by atoms with Gasteiger partial charge in [0.25, 0.3) is 0 Å². The molecule has 2 nitrogen and oxygen atoms in total. The number of esters is 1. The third-order valence-electron chi connectivity index (χ3n) is 1.78. The van der Waals surface area contributed by atoms with Gasteiger partial charge in [-0.1, -0.05) is 18.2 Å². The van der Waals surface area contributed by atoms with Gasteiger partial charge in [0.15, 0.2) is 0 Å². The van der Waals surface area contributed by atoms with E-state index in [9.17, 15) is 13.6 Å². The summed E-state index contributed by atoms with van der Waals surface area (Å²) in [5, 5.41) is 0. The summed E-state index contributed by atoms with van der Waals surface area (Å²) in [6, 6.07) is 8.28. The molecular formula is C11H12F2O2. The molecule has 0 atom stereocenters. The largest absolute Gasteiger partial charge is 0.462 e. The number of hydrogen-bond donors (Lipinski definition) is 0. The van der Waals surface area contributed by atoms with Gasteiger partial charge >= 0.3 is 5.97 Å². The average Bonchev–Trinajstić information content (AvgIpc) is 2.17. The monoisotopic (exact) mass is 214 g/mol. The quantitative estimate of drug-likeness (QED) is 0.720. The lowest BCUT2D eigenvalue weighted by Gasteiger charge is -2.09. The Hall–Kier alpha value is -1.45. The minimum Gasteiger partial charge on any atom is -0.462 e. The minimum atomic E-state index is -2.79. The first kappa shape index (κ1) is 11.6. The summed E-state index contributed by atoms with van der Waals surface area (Å²) >= 11 is 0. The van der Waals surface area contributed by atoms with E-state index < -0.39 is 18.3 Å². The second-order valence-electron chi connectivity index (χ2n) is 3.32. The molecule has 0 aromatic heterocycles. The van der Waals surface area contributed by atoms with E-state index >= 15 is 0 Å². The lowest BCUT2D eigenvalue weighted by molar-refractivity contribution is -0.0109. The number of benzene rings is 1. The van der Waals surface area contributed by atoms with Crippen LogP contribution in [0.3, 0.4) is 0 Å². The van der Waals surface area contributed by atoms with Gasteiger partial charge in [-0.3, -0.25) is 0 Å². The van der Waals surface area contributed by atoms with Crippen LogP contribution < -0.4 is 0 Å². The molecule has 0 fully saturated rings. The van der Waals surface area contributed by atoms with E-state index in [1.165, 1.54) is 0 Å². The van der Waals surface area contributed by atoms with Gasteiger partial charge in [0.05, 0.1) is 12.2 Å². The predicted molar refractivity (Wildman–Crippen MR) is 52.0 cm³/mol. The van der Waals surface area contributed by atoms with Crippen LogP contribution in [0.4, 0.5) is 8.78 Å². The van der Waals surface area contributed by atoms with Gasteiger partial charge in [0.2, 0.25) is 5.92 Å². The maximum Gasteiger partial charge on any atom is 0.338 e. The first-order chi connectivity index (χ1) is 6.99. The summed E-state index contributed by atoms with van der Waals surface area (Å²) < 4.78 is 29.5. The normalized spacial score (nSPS) is 11.1. The fourth-order valence-electron chi connectivity index (χ4n) is 0.981. The van der Waals surface area contributed by atoms with Crippen molar-refractivity contribution in [3.8, 4) is 0 Å². The number of hydrogen-bond acceptors (Lipinski definition) is 2. The van der Waals surface area contributed by atoms with Crippen molar-refractivity contribution in [2.75, 3.05) is 6.61 Å². The molecule has 0 spiro atoms. The number of ether oxygens (including phenoxy) is 1. The highest BCUT2D eigenvalue weighted by molar-refractivity contribution is 5.89. The highest BCUT2D eigenvalue weighted by Gasteiger charge is 2.21. The Morgan fingerprint density at radius 3 is 2.47 bits per heavy atom. The molecule has 0 saturated heterocycles. The highest BCUT2D eigenvalue weighted by Crippen LogP contribution is 2.16. The first-order valence-corrected chi connectivity index (χ1v) is 4.59. The topological polar surface area (TPSA) is 26.3 Å². The van der Waals surface area contributed by atoms with Crippen molar-refractivity contribution in [3.05, 3.63) is 35.9 Å². The van der Waals surface area contributed by atoms with Crippen LogP contribution in [0.1, 0.15) is 23.7 Å². The number of carbonyl (C=O) groups excluding carboxylic acids is 1. The van der Waals surface area contributed by atoms with E-state index in [-0.39, 0.29) is 6.61 Å². The molecule has 0 N–H and O–H groups in total. The molecule has 0 radical (unpaired) electrons. The Labute approximate surface area is 86.9 Å². The van der Waals surface area contributed by atoms with Gasteiger partial charge < -0.3 is 4.74 Å². The smallest absolute Gasteiger partial charge is 0.338 e. The molecule has 0 bridgehead atoms. The van der Waals surface area contributed by atoms with E-state index in [0.29, 0.717) is 5.56 Å². The van der Waals surface area contributed by atoms with Crippen molar-refractivity contribution >= 4 is 5.97 Å². The van der Waals surface area contributed by atoms with Crippen LogP contribution in [0.15, 0.2) is 30.3 Å². The summed E-state index contributed by atoms with van der Waals surface area (Å²) in [4.78, 5) is 11.3. The molecule has 1 aromatic carbocycles. The first-order valence-electron chi connectivity index (χ1n) is 4.59. The van der Waals surface area contributed by atoms with E-state index in [1.54, 1.807) is 30.3 Å². The maximum atomic E-state index is 12.4. The Balaban J connectivity index is 2.38. The van der Waals surface area contributed by atoms with E-state index in [0.717, 1.165) is 6.92 Å². The Bertz CT molecular complexity index is 317. The highest BCUT2D eigenvalue weighted by atomic mass is 19.3. The summed E-state index contributed by atoms with van der Waals surface area (Å²) in [5.41, 5.74) is 0.372. The van der Waals surface area contributed by atoms with E-state index in [1.807, 2.05) is 0 Å². The standard InChI is InChI=1S/C11H12F2O2/c1-11(12,13)7-8-15-10(14)9-5-3-2-4-6-9/h2-6H,7-8H2,1H3. The van der Waals surface area contributed by atoms with Crippen LogP contribution in [-0.2, 0) is 4.74 Å². The maximum absolute atomic E-state index is 12.4. The number of rotatable bonds is 4. The van der Waals surface area contributed by atoms with Crippen molar-refractivity contribution in [2.24, 2.45) is 0 Å². The van der Waals surface area contributed by atoms with Gasteiger partial charge in [0.1, 0.15) is 0 Å². The van der Waals surface area contributed by atoms with Crippen molar-refractivity contribution in [1.29, 1.82) is 0 Å². The second-order valence-corrected chi connectivity index (χ2v) is 3.32. The zero-order valence-corrected chi connectivity index (χ0v) is 8.37. The molecule has 4 heteroatoms. The van der Waals surface area contributed by atoms with Crippen molar-refractivity contribution < 1.29 is 18.3 Å². The molecule has 82 valence electrons. The minimum absolute atomic E-state index is 0.267. The lowest BCUT2D eigenvalue weighted by atomic mass is 10.2. The fraction of sp³-hybridized carbons (Fsp3) is 0.364. The van der Waals surface area contributed by atoms with Crippen molar-refractivity contribution in [2.45, 2.75) is 19.3 Å². The van der Waals surface area contributed by atoms with Crippen molar-refractivity contribution in [3.63, 3.8) is 0 Å². The van der Waals surface area contributed by atoms with E-state index in [2.05, 4.69) is 4.74 Å². The van der Waals surface area contributed by atoms with Crippen LogP contribution >= 0.6 is 0 Å². The van der Waals surface area contributed by atoms with E-state index in [4.69, 9.17) is 0 Å². The molecule has 1 rings (SSSR count). The molecule has 0 saturated carbocycles. The summed E-state index contributed by atoms with van der Waals surface area (Å²) in [7, 11) is 0. The second kappa shape index (κ2) is 4.87. The summed E-state index contributed by atoms with van der Waals surface area (Å²) in [6.07, 6.45) is -0.453. The third-order valence-corrected chi connectivity index (χ3v) is 1.78. The van der Waals surface area contributed by atoms with Crippen LogP contribution in [0.5, 0.6) is 0 Å². The van der Waals surface area contributed by atoms with Gasteiger partial charge in [0, 0.05) is 6.42 Å². The van der Waals surface area contributed by atoms with Crippen LogP contribution in [0.2, 0.25) is 0 Å². The third kappa shape index (κ3) is 4.54. The van der Waals surface area contributed by atoms with Crippen LogP contribution in [0.25, 0.3) is 0 Å². The summed E-state index contributed by atoms with van der Waals surface area (Å²) in [6.45, 7) is 0.528. The molecule has 1 aromatic rings. The van der Waals surface area contributed by atoms with Gasteiger partial charge in [-0.15, -0.1) is 0 Å². The van der Waals surface area contributed by atoms with Crippen LogP contribution in [-0.4, -0.2) is 18.5 Å². The molecule has 0 heterocycles. The van der Waals surface area contributed by atoms with Gasteiger partial charge in [-0.2, -0.15) is 0 Å². The Morgan fingerprint density at radius 1 is 1.33 bits per heavy atom.